The van der Waals surface area contributed by atoms with E-state index in [0.29, 0.717) is 12.0 Å². The monoisotopic (exact) mass is 333 g/mol. The van der Waals surface area contributed by atoms with Gasteiger partial charge in [-0.15, -0.1) is 0 Å². The van der Waals surface area contributed by atoms with Gasteiger partial charge in [0.1, 0.15) is 5.75 Å². The van der Waals surface area contributed by atoms with Crippen LogP contribution in [-0.4, -0.2) is 45.1 Å². The Morgan fingerprint density at radius 2 is 1.83 bits per heavy atom. The van der Waals surface area contributed by atoms with Crippen molar-refractivity contribution in [2.75, 3.05) is 13.2 Å². The maximum absolute atomic E-state index is 12.6. The fourth-order valence-corrected chi connectivity index (χ4v) is 2.89. The first kappa shape index (κ1) is 18.0. The van der Waals surface area contributed by atoms with Crippen LogP contribution in [0.2, 0.25) is 0 Å². The molecule has 1 amide bonds. The number of carbonyl (C=O) groups is 2. The predicted octanol–water partition coefficient (Wildman–Crippen LogP) is 2.09. The molecule has 0 fully saturated rings. The summed E-state index contributed by atoms with van der Waals surface area (Å²) in [6.07, 6.45) is 0.578. The third-order valence-corrected chi connectivity index (χ3v) is 3.96. The van der Waals surface area contributed by atoms with Gasteiger partial charge in [-0.1, -0.05) is 26.0 Å². The highest BCUT2D eigenvalue weighted by molar-refractivity contribution is 6.09. The van der Waals surface area contributed by atoms with Gasteiger partial charge in [0.2, 0.25) is 0 Å². The smallest absolute Gasteiger partial charge is 0.290 e. The number of hydrogen-bond acceptors (Lipinski definition) is 5. The van der Waals surface area contributed by atoms with Gasteiger partial charge in [0.15, 0.2) is 11.5 Å². The fraction of sp³-hybridized carbons (Fsp3) is 0.444. The zero-order valence-corrected chi connectivity index (χ0v) is 13.9. The Balaban J connectivity index is 2.45. The Morgan fingerprint density at radius 1 is 1.21 bits per heavy atom. The molecule has 0 saturated heterocycles. The molecule has 3 N–H and O–H groups in total. The normalized spacial score (nSPS) is 17.9. The predicted molar refractivity (Wildman–Crippen MR) is 88.4 cm³/mol. The molecule has 1 unspecified atom stereocenters. The SMILES string of the molecule is CC(C)CC(=O)C1=C(O)C(=O)N(CCCO)C1c1ccc(O)cc1. The lowest BCUT2D eigenvalue weighted by atomic mass is 9.92. The molecule has 6 heteroatoms. The molecule has 2 rings (SSSR count). The summed E-state index contributed by atoms with van der Waals surface area (Å²) in [5.74, 6) is -1.21. The van der Waals surface area contributed by atoms with Crippen molar-refractivity contribution in [3.8, 4) is 5.75 Å². The molecule has 0 bridgehead atoms. The van der Waals surface area contributed by atoms with Gasteiger partial charge in [0.25, 0.3) is 5.91 Å². The Hall–Kier alpha value is -2.34. The number of carbonyl (C=O) groups excluding carboxylic acids is 2. The molecule has 0 radical (unpaired) electrons. The maximum atomic E-state index is 12.6. The molecule has 0 spiro atoms. The summed E-state index contributed by atoms with van der Waals surface area (Å²) in [5, 5.41) is 28.8. The topological polar surface area (TPSA) is 98.1 Å². The van der Waals surface area contributed by atoms with Gasteiger partial charge in [0.05, 0.1) is 11.6 Å². The van der Waals surface area contributed by atoms with E-state index < -0.39 is 17.7 Å². The number of ketones is 1. The molecule has 1 aliphatic rings. The van der Waals surface area contributed by atoms with E-state index in [2.05, 4.69) is 0 Å². The largest absolute Gasteiger partial charge is 0.508 e. The Morgan fingerprint density at radius 3 is 2.38 bits per heavy atom. The van der Waals surface area contributed by atoms with Crippen LogP contribution in [-0.2, 0) is 9.59 Å². The number of benzene rings is 1. The second-order valence-corrected chi connectivity index (χ2v) is 6.35. The number of aliphatic hydroxyl groups excluding tert-OH is 2. The van der Waals surface area contributed by atoms with E-state index in [1.54, 1.807) is 12.1 Å². The number of aliphatic hydroxyl groups is 2. The molecule has 6 nitrogen and oxygen atoms in total. The van der Waals surface area contributed by atoms with Crippen molar-refractivity contribution < 1.29 is 24.9 Å². The van der Waals surface area contributed by atoms with Crippen LogP contribution in [0.3, 0.4) is 0 Å². The molecule has 1 aromatic rings. The second-order valence-electron chi connectivity index (χ2n) is 6.35. The minimum atomic E-state index is -0.698. The van der Waals surface area contributed by atoms with Crippen LogP contribution < -0.4 is 0 Å². The number of phenolic OH excluding ortho intramolecular Hbond substituents is 1. The van der Waals surface area contributed by atoms with Crippen molar-refractivity contribution in [3.63, 3.8) is 0 Å². The molecule has 1 atom stereocenters. The van der Waals surface area contributed by atoms with Gasteiger partial charge < -0.3 is 20.2 Å². The third kappa shape index (κ3) is 3.59. The Kier molecular flexibility index (Phi) is 5.62. The van der Waals surface area contributed by atoms with E-state index in [-0.39, 0.29) is 42.6 Å². The zero-order valence-electron chi connectivity index (χ0n) is 13.9. The van der Waals surface area contributed by atoms with Crippen molar-refractivity contribution in [1.29, 1.82) is 0 Å². The molecule has 130 valence electrons. The number of aromatic hydroxyl groups is 1. The lowest BCUT2D eigenvalue weighted by Gasteiger charge is -2.26. The molecular weight excluding hydrogens is 310 g/mol. The van der Waals surface area contributed by atoms with Gasteiger partial charge in [-0.25, -0.2) is 0 Å². The summed E-state index contributed by atoms with van der Waals surface area (Å²) < 4.78 is 0. The minimum absolute atomic E-state index is 0.0771. The summed E-state index contributed by atoms with van der Waals surface area (Å²) in [7, 11) is 0. The molecule has 1 aliphatic heterocycles. The van der Waals surface area contributed by atoms with Crippen LogP contribution in [0, 0.1) is 5.92 Å². The van der Waals surface area contributed by atoms with Crippen molar-refractivity contribution in [1.82, 2.24) is 4.90 Å². The van der Waals surface area contributed by atoms with Crippen LogP contribution in [0.25, 0.3) is 0 Å². The van der Waals surface area contributed by atoms with Crippen molar-refractivity contribution in [3.05, 3.63) is 41.2 Å². The van der Waals surface area contributed by atoms with Crippen LogP contribution in [0.4, 0.5) is 0 Å². The van der Waals surface area contributed by atoms with E-state index in [4.69, 9.17) is 5.11 Å². The summed E-state index contributed by atoms with van der Waals surface area (Å²) in [5.41, 5.74) is 0.729. The quantitative estimate of drug-likeness (QED) is 0.710. The molecule has 0 saturated carbocycles. The number of phenols is 1. The van der Waals surface area contributed by atoms with E-state index in [1.165, 1.54) is 17.0 Å². The molecule has 24 heavy (non-hydrogen) atoms. The molecule has 0 aliphatic carbocycles. The van der Waals surface area contributed by atoms with Crippen LogP contribution in [0.1, 0.15) is 38.3 Å². The average molecular weight is 333 g/mol. The van der Waals surface area contributed by atoms with Crippen molar-refractivity contribution in [2.45, 2.75) is 32.7 Å². The van der Waals surface area contributed by atoms with Crippen LogP contribution in [0.5, 0.6) is 5.75 Å². The summed E-state index contributed by atoms with van der Waals surface area (Å²) in [6.45, 7) is 3.92. The average Bonchev–Trinajstić information content (AvgIpc) is 2.77. The van der Waals surface area contributed by atoms with Crippen LogP contribution >= 0.6 is 0 Å². The number of rotatable bonds is 7. The van der Waals surface area contributed by atoms with Gasteiger partial charge in [-0.2, -0.15) is 0 Å². The molecule has 1 heterocycles. The summed E-state index contributed by atoms with van der Waals surface area (Å²) in [6, 6.07) is 5.50. The van der Waals surface area contributed by atoms with Crippen molar-refractivity contribution in [2.24, 2.45) is 5.92 Å². The lowest BCUT2D eigenvalue weighted by molar-refractivity contribution is -0.129. The van der Waals surface area contributed by atoms with E-state index >= 15 is 0 Å². The standard InChI is InChI=1S/C18H23NO5/c1-11(2)10-14(22)15-16(12-4-6-13(21)7-5-12)19(8-3-9-20)18(24)17(15)23/h4-7,11,16,20-21,23H,3,8-10H2,1-2H3. The van der Waals surface area contributed by atoms with E-state index in [9.17, 15) is 19.8 Å². The third-order valence-electron chi connectivity index (χ3n) is 3.96. The molecular formula is C18H23NO5. The Labute approximate surface area is 141 Å². The maximum Gasteiger partial charge on any atom is 0.290 e. The highest BCUT2D eigenvalue weighted by atomic mass is 16.3. The highest BCUT2D eigenvalue weighted by Crippen LogP contribution is 2.39. The van der Waals surface area contributed by atoms with Gasteiger partial charge in [-0.3, -0.25) is 9.59 Å². The van der Waals surface area contributed by atoms with E-state index in [1.807, 2.05) is 13.8 Å². The summed E-state index contributed by atoms with van der Waals surface area (Å²) in [4.78, 5) is 26.4. The molecule has 0 aromatic heterocycles. The Bertz CT molecular complexity index is 648. The number of hydrogen-bond donors (Lipinski definition) is 3. The first-order chi connectivity index (χ1) is 11.4. The number of amides is 1. The lowest BCUT2D eigenvalue weighted by Crippen LogP contribution is -2.32. The highest BCUT2D eigenvalue weighted by Gasteiger charge is 2.42. The van der Waals surface area contributed by atoms with Gasteiger partial charge >= 0.3 is 0 Å². The first-order valence-corrected chi connectivity index (χ1v) is 8.03. The second kappa shape index (κ2) is 7.49. The fourth-order valence-electron chi connectivity index (χ4n) is 2.89. The zero-order chi connectivity index (χ0) is 17.9. The van der Waals surface area contributed by atoms with Crippen LogP contribution in [0.15, 0.2) is 35.6 Å². The van der Waals surface area contributed by atoms with Gasteiger partial charge in [-0.05, 0) is 30.0 Å². The number of nitrogens with zero attached hydrogens (tertiary/aromatic N) is 1. The van der Waals surface area contributed by atoms with E-state index in [0.717, 1.165) is 0 Å². The molecule has 1 aromatic carbocycles. The van der Waals surface area contributed by atoms with Crippen molar-refractivity contribution >= 4 is 11.7 Å². The summed E-state index contributed by atoms with van der Waals surface area (Å²) >= 11 is 0. The minimum Gasteiger partial charge on any atom is -0.508 e. The first-order valence-electron chi connectivity index (χ1n) is 8.03. The number of Topliss-reactive ketones (excluding diaryl/α,β-unsaturated/α-hetero) is 1. The van der Waals surface area contributed by atoms with Gasteiger partial charge in [0, 0.05) is 19.6 Å².